The first-order valence-electron chi connectivity index (χ1n) is 12.2. The van der Waals surface area contributed by atoms with Gasteiger partial charge in [-0.05, 0) is 73.7 Å². The van der Waals surface area contributed by atoms with Crippen LogP contribution in [0.2, 0.25) is 0 Å². The Kier molecular flexibility index (Phi) is 8.86. The van der Waals surface area contributed by atoms with Gasteiger partial charge < -0.3 is 19.7 Å². The van der Waals surface area contributed by atoms with Crippen LogP contribution in [0.25, 0.3) is 0 Å². The molecule has 0 bridgehead atoms. The Bertz CT molecular complexity index is 1500. The molecule has 214 valence electrons. The molecular weight excluding hydrogens is 566 g/mol. The standard InChI is InChI=1S/C28H23F4N3O5S/c1-3-40-27(38)15-4-8-18(9-5-15)35-26(37)21(13-22(36)33-17-6-10-19(39-2)11-7-17)34(28(35)41)14-16-12-20(29)24(31)25(32)23(16)30/h4-12,21H,3,13-14H2,1-2H3,(H,33,36)/t21-/m0/s1. The van der Waals surface area contributed by atoms with Crippen molar-refractivity contribution in [3.8, 4) is 5.75 Å². The first kappa shape index (κ1) is 29.5. The van der Waals surface area contributed by atoms with E-state index >= 15 is 0 Å². The van der Waals surface area contributed by atoms with Gasteiger partial charge in [0.25, 0.3) is 5.91 Å². The SMILES string of the molecule is CCOC(=O)c1ccc(N2C(=O)[C@H](CC(=O)Nc3ccc(OC)cc3)N(Cc3cc(F)c(F)c(F)c3F)C2=S)cc1. The maximum atomic E-state index is 14.6. The number of carbonyl (C=O) groups excluding carboxylic acids is 3. The van der Waals surface area contributed by atoms with Gasteiger partial charge in [0, 0.05) is 17.8 Å². The fraction of sp³-hybridized carbons (Fsp3) is 0.214. The van der Waals surface area contributed by atoms with E-state index in [1.54, 1.807) is 31.2 Å². The highest BCUT2D eigenvalue weighted by atomic mass is 32.1. The number of benzene rings is 3. The molecule has 0 saturated carbocycles. The fourth-order valence-corrected chi connectivity index (χ4v) is 4.58. The summed E-state index contributed by atoms with van der Waals surface area (Å²) in [5, 5.41) is 2.43. The zero-order valence-electron chi connectivity index (χ0n) is 21.8. The summed E-state index contributed by atoms with van der Waals surface area (Å²) < 4.78 is 66.1. The Morgan fingerprint density at radius 2 is 1.63 bits per heavy atom. The Morgan fingerprint density at radius 3 is 2.24 bits per heavy atom. The third-order valence-corrected chi connectivity index (χ3v) is 6.64. The minimum absolute atomic E-state index is 0.158. The van der Waals surface area contributed by atoms with Gasteiger partial charge in [0.1, 0.15) is 11.8 Å². The summed E-state index contributed by atoms with van der Waals surface area (Å²) in [6, 6.07) is 11.2. The number of hydrogen-bond acceptors (Lipinski definition) is 6. The van der Waals surface area contributed by atoms with Crippen LogP contribution in [0.5, 0.6) is 5.75 Å². The zero-order chi connectivity index (χ0) is 29.8. The van der Waals surface area contributed by atoms with Crippen molar-refractivity contribution in [2.24, 2.45) is 0 Å². The number of amides is 2. The molecule has 8 nitrogen and oxygen atoms in total. The molecule has 1 fully saturated rings. The number of hydrogen-bond donors (Lipinski definition) is 1. The smallest absolute Gasteiger partial charge is 0.338 e. The minimum Gasteiger partial charge on any atom is -0.497 e. The molecule has 1 aliphatic heterocycles. The number of nitrogens with zero attached hydrogens (tertiary/aromatic N) is 2. The van der Waals surface area contributed by atoms with Crippen molar-refractivity contribution in [1.82, 2.24) is 4.90 Å². The maximum Gasteiger partial charge on any atom is 0.338 e. The normalized spacial score (nSPS) is 14.8. The summed E-state index contributed by atoms with van der Waals surface area (Å²) in [4.78, 5) is 40.7. The van der Waals surface area contributed by atoms with Gasteiger partial charge in [-0.2, -0.15) is 0 Å². The average molecular weight is 590 g/mol. The second-order valence-corrected chi connectivity index (χ2v) is 9.17. The number of rotatable bonds is 9. The number of esters is 1. The van der Waals surface area contributed by atoms with Gasteiger partial charge >= 0.3 is 5.97 Å². The molecule has 4 rings (SSSR count). The highest BCUT2D eigenvalue weighted by Gasteiger charge is 2.44. The summed E-state index contributed by atoms with van der Waals surface area (Å²) in [6.45, 7) is 1.16. The van der Waals surface area contributed by atoms with E-state index in [0.29, 0.717) is 17.5 Å². The van der Waals surface area contributed by atoms with Gasteiger partial charge in [-0.25, -0.2) is 22.4 Å². The highest BCUT2D eigenvalue weighted by Crippen LogP contribution is 2.31. The molecule has 41 heavy (non-hydrogen) atoms. The molecule has 1 saturated heterocycles. The Morgan fingerprint density at radius 1 is 0.976 bits per heavy atom. The molecular formula is C28H23F4N3O5S. The quantitative estimate of drug-likeness (QED) is 0.124. The van der Waals surface area contributed by atoms with E-state index in [1.807, 2.05) is 0 Å². The van der Waals surface area contributed by atoms with Crippen molar-refractivity contribution in [2.75, 3.05) is 23.9 Å². The van der Waals surface area contributed by atoms with Crippen molar-refractivity contribution in [3.63, 3.8) is 0 Å². The van der Waals surface area contributed by atoms with Gasteiger partial charge in [0.05, 0.1) is 31.4 Å². The largest absolute Gasteiger partial charge is 0.497 e. The topological polar surface area (TPSA) is 88.2 Å². The lowest BCUT2D eigenvalue weighted by atomic mass is 10.1. The molecule has 0 spiro atoms. The summed E-state index contributed by atoms with van der Waals surface area (Å²) in [7, 11) is 1.48. The van der Waals surface area contributed by atoms with E-state index in [2.05, 4.69) is 5.32 Å². The Balaban J connectivity index is 1.65. The molecule has 13 heteroatoms. The maximum absolute atomic E-state index is 14.6. The Labute approximate surface area is 237 Å². The monoisotopic (exact) mass is 589 g/mol. The summed E-state index contributed by atoms with van der Waals surface area (Å²) in [6.07, 6.45) is -0.476. The van der Waals surface area contributed by atoms with Gasteiger partial charge in [0.2, 0.25) is 5.91 Å². The lowest BCUT2D eigenvalue weighted by molar-refractivity contribution is -0.124. The number of anilines is 2. The number of thiocarbonyl (C=S) groups is 1. The molecule has 2 amide bonds. The van der Waals surface area contributed by atoms with Crippen molar-refractivity contribution in [1.29, 1.82) is 0 Å². The van der Waals surface area contributed by atoms with Crippen LogP contribution in [0, 0.1) is 23.3 Å². The lowest BCUT2D eigenvalue weighted by Crippen LogP contribution is -2.37. The minimum atomic E-state index is -2.02. The number of methoxy groups -OCH3 is 1. The van der Waals surface area contributed by atoms with Crippen molar-refractivity contribution < 1.29 is 41.4 Å². The number of halogens is 4. The first-order chi connectivity index (χ1) is 19.5. The predicted octanol–water partition coefficient (Wildman–Crippen LogP) is 4.96. The number of carbonyl (C=O) groups is 3. The van der Waals surface area contributed by atoms with Gasteiger partial charge in [0.15, 0.2) is 28.4 Å². The third-order valence-electron chi connectivity index (χ3n) is 6.23. The molecule has 1 aliphatic rings. The van der Waals surface area contributed by atoms with Crippen molar-refractivity contribution in [2.45, 2.75) is 25.9 Å². The van der Waals surface area contributed by atoms with Crippen LogP contribution in [0.4, 0.5) is 28.9 Å². The van der Waals surface area contributed by atoms with Crippen LogP contribution in [0.1, 0.15) is 29.3 Å². The van der Waals surface area contributed by atoms with Gasteiger partial charge in [-0.15, -0.1) is 0 Å². The molecule has 1 N–H and O–H groups in total. The summed E-state index contributed by atoms with van der Waals surface area (Å²) in [5.41, 5.74) is 0.208. The molecule has 3 aromatic rings. The second-order valence-electron chi connectivity index (χ2n) is 8.81. The van der Waals surface area contributed by atoms with Crippen LogP contribution in [-0.4, -0.2) is 47.6 Å². The predicted molar refractivity (Wildman–Crippen MR) is 144 cm³/mol. The van der Waals surface area contributed by atoms with Crippen LogP contribution >= 0.6 is 12.2 Å². The van der Waals surface area contributed by atoms with E-state index in [9.17, 15) is 31.9 Å². The number of nitrogens with one attached hydrogen (secondary N) is 1. The fourth-order valence-electron chi connectivity index (χ4n) is 4.19. The second kappa shape index (κ2) is 12.3. The van der Waals surface area contributed by atoms with E-state index in [0.717, 1.165) is 9.80 Å². The molecule has 0 radical (unpaired) electrons. The first-order valence-corrected chi connectivity index (χ1v) is 12.6. The third kappa shape index (κ3) is 6.14. The van der Waals surface area contributed by atoms with E-state index in [4.69, 9.17) is 21.7 Å². The molecule has 0 aliphatic carbocycles. The summed E-state index contributed by atoms with van der Waals surface area (Å²) >= 11 is 5.48. The number of ether oxygens (including phenoxy) is 2. The molecule has 3 aromatic carbocycles. The van der Waals surface area contributed by atoms with Crippen LogP contribution in [0.3, 0.4) is 0 Å². The van der Waals surface area contributed by atoms with Gasteiger partial charge in [-0.1, -0.05) is 0 Å². The van der Waals surface area contributed by atoms with E-state index < -0.39 is 65.6 Å². The van der Waals surface area contributed by atoms with Crippen LogP contribution < -0.4 is 15.0 Å². The van der Waals surface area contributed by atoms with Crippen LogP contribution in [-0.2, 0) is 20.9 Å². The molecule has 1 heterocycles. The van der Waals surface area contributed by atoms with Gasteiger partial charge in [-0.3, -0.25) is 14.5 Å². The highest BCUT2D eigenvalue weighted by molar-refractivity contribution is 7.80. The molecule has 1 atom stereocenters. The van der Waals surface area contributed by atoms with Crippen molar-refractivity contribution >= 4 is 46.5 Å². The molecule has 0 unspecified atom stereocenters. The van der Waals surface area contributed by atoms with Crippen molar-refractivity contribution in [3.05, 3.63) is 89.0 Å². The average Bonchev–Trinajstić information content (AvgIpc) is 3.19. The summed E-state index contributed by atoms with van der Waals surface area (Å²) in [5.74, 6) is -8.61. The lowest BCUT2D eigenvalue weighted by Gasteiger charge is -2.24. The molecule has 0 aromatic heterocycles. The zero-order valence-corrected chi connectivity index (χ0v) is 22.6. The van der Waals surface area contributed by atoms with E-state index in [1.165, 1.54) is 31.4 Å². The van der Waals surface area contributed by atoms with E-state index in [-0.39, 0.29) is 23.0 Å². The van der Waals surface area contributed by atoms with Crippen LogP contribution in [0.15, 0.2) is 54.6 Å². The Hall–Kier alpha value is -4.52.